The van der Waals surface area contributed by atoms with E-state index in [0.29, 0.717) is 0 Å². The van der Waals surface area contributed by atoms with Crippen LogP contribution in [0.2, 0.25) is 0 Å². The summed E-state index contributed by atoms with van der Waals surface area (Å²) in [5.41, 5.74) is 11.5. The molecule has 5 rings (SSSR count). The number of allylic oxidation sites excluding steroid dienone is 2. The van der Waals surface area contributed by atoms with Crippen LogP contribution in [-0.2, 0) is 0 Å². The van der Waals surface area contributed by atoms with Gasteiger partial charge in [-0.1, -0.05) is 116 Å². The molecule has 0 radical (unpaired) electrons. The van der Waals surface area contributed by atoms with Crippen LogP contribution < -0.4 is 0 Å². The minimum absolute atomic E-state index is 0.918. The Morgan fingerprint density at radius 1 is 0.412 bits per heavy atom. The van der Waals surface area contributed by atoms with Gasteiger partial charge >= 0.3 is 0 Å². The van der Waals surface area contributed by atoms with Crippen molar-refractivity contribution >= 4 is 5.57 Å². The molecule has 0 aliphatic heterocycles. The van der Waals surface area contributed by atoms with E-state index in [-0.39, 0.29) is 0 Å². The Morgan fingerprint density at radius 2 is 0.765 bits per heavy atom. The van der Waals surface area contributed by atoms with Crippen LogP contribution >= 0.6 is 0 Å². The summed E-state index contributed by atoms with van der Waals surface area (Å²) in [5, 5.41) is 0. The highest BCUT2D eigenvalue weighted by molar-refractivity contribution is 5.84. The van der Waals surface area contributed by atoms with Crippen LogP contribution in [0.3, 0.4) is 0 Å². The minimum atomic E-state index is 0.918. The topological polar surface area (TPSA) is 0 Å². The van der Waals surface area contributed by atoms with Gasteiger partial charge < -0.3 is 0 Å². The Labute approximate surface area is 202 Å². The molecule has 0 aliphatic carbocycles. The summed E-state index contributed by atoms with van der Waals surface area (Å²) in [6, 6.07) is 45.1. The van der Waals surface area contributed by atoms with Gasteiger partial charge in [-0.15, -0.1) is 0 Å². The van der Waals surface area contributed by atoms with Gasteiger partial charge in [0.1, 0.15) is 0 Å². The zero-order valence-electron chi connectivity index (χ0n) is 19.1. The molecule has 0 unspecified atom stereocenters. The zero-order chi connectivity index (χ0) is 23.3. The molecule has 0 atom stereocenters. The van der Waals surface area contributed by atoms with Gasteiger partial charge in [0, 0.05) is 0 Å². The molecule has 34 heavy (non-hydrogen) atoms. The molecule has 0 N–H and O–H groups in total. The molecule has 0 fully saturated rings. The van der Waals surface area contributed by atoms with Gasteiger partial charge in [0.05, 0.1) is 0 Å². The van der Waals surface area contributed by atoms with E-state index in [0.717, 1.165) is 11.1 Å². The number of hydrogen-bond acceptors (Lipinski definition) is 0. The zero-order valence-corrected chi connectivity index (χ0v) is 19.1. The van der Waals surface area contributed by atoms with Crippen molar-refractivity contribution in [1.29, 1.82) is 0 Å². The fourth-order valence-corrected chi connectivity index (χ4v) is 4.28. The minimum Gasteiger partial charge on any atom is -0.0985 e. The second-order valence-corrected chi connectivity index (χ2v) is 8.42. The molecule has 162 valence electrons. The Balaban J connectivity index is 1.63. The van der Waals surface area contributed by atoms with Crippen molar-refractivity contribution in [3.05, 3.63) is 152 Å². The second-order valence-electron chi connectivity index (χ2n) is 8.42. The predicted molar refractivity (Wildman–Crippen MR) is 147 cm³/mol. The second kappa shape index (κ2) is 9.60. The summed E-state index contributed by atoms with van der Waals surface area (Å²) in [7, 11) is 0. The smallest absolute Gasteiger partial charge is 0.0171 e. The molecule has 0 bridgehead atoms. The lowest BCUT2D eigenvalue weighted by molar-refractivity contribution is 1.54. The SMILES string of the molecule is C=CC(=C)c1cc(-c2cccc(-c3ccccc3)c2)cc(-c2cccc(-c3ccccc3)c2)c1. The van der Waals surface area contributed by atoms with Crippen molar-refractivity contribution in [2.45, 2.75) is 0 Å². The average Bonchev–Trinajstić information content (AvgIpc) is 2.93. The van der Waals surface area contributed by atoms with Crippen molar-refractivity contribution in [1.82, 2.24) is 0 Å². The first kappa shape index (κ1) is 21.4. The van der Waals surface area contributed by atoms with E-state index in [1.165, 1.54) is 44.5 Å². The maximum Gasteiger partial charge on any atom is -0.0171 e. The van der Waals surface area contributed by atoms with Crippen LogP contribution in [0.1, 0.15) is 5.56 Å². The van der Waals surface area contributed by atoms with Crippen LogP contribution in [-0.4, -0.2) is 0 Å². The van der Waals surface area contributed by atoms with Crippen LogP contribution in [0, 0.1) is 0 Å². The maximum atomic E-state index is 4.23. The number of hydrogen-bond donors (Lipinski definition) is 0. The summed E-state index contributed by atoms with van der Waals surface area (Å²) >= 11 is 0. The van der Waals surface area contributed by atoms with Gasteiger partial charge in [0.15, 0.2) is 0 Å². The largest absolute Gasteiger partial charge is 0.0985 e. The number of benzene rings is 5. The van der Waals surface area contributed by atoms with Crippen LogP contribution in [0.15, 0.2) is 147 Å². The molecule has 0 saturated carbocycles. The van der Waals surface area contributed by atoms with Crippen molar-refractivity contribution < 1.29 is 0 Å². The maximum absolute atomic E-state index is 4.23. The lowest BCUT2D eigenvalue weighted by Crippen LogP contribution is -1.89. The molecule has 0 saturated heterocycles. The fraction of sp³-hybridized carbons (Fsp3) is 0. The Bertz CT molecular complexity index is 1360. The molecule has 0 aromatic heterocycles. The standard InChI is InChI=1S/C34H26/c1-3-25(2)32-22-33(30-18-10-16-28(20-30)26-12-6-4-7-13-26)24-34(23-32)31-19-11-17-29(21-31)27-14-8-5-9-15-27/h3-24H,1-2H2. The summed E-state index contributed by atoms with van der Waals surface area (Å²) in [6.07, 6.45) is 1.82. The lowest BCUT2D eigenvalue weighted by Gasteiger charge is -2.13. The molecule has 0 heterocycles. The number of rotatable bonds is 6. The van der Waals surface area contributed by atoms with Crippen molar-refractivity contribution in [2.75, 3.05) is 0 Å². The normalized spacial score (nSPS) is 10.6. The fourth-order valence-electron chi connectivity index (χ4n) is 4.28. The van der Waals surface area contributed by atoms with E-state index >= 15 is 0 Å². The quantitative estimate of drug-likeness (QED) is 0.233. The van der Waals surface area contributed by atoms with Gasteiger partial charge in [0.25, 0.3) is 0 Å². The monoisotopic (exact) mass is 434 g/mol. The van der Waals surface area contributed by atoms with Gasteiger partial charge in [-0.2, -0.15) is 0 Å². The van der Waals surface area contributed by atoms with E-state index < -0.39 is 0 Å². The third-order valence-electron chi connectivity index (χ3n) is 6.16. The first-order valence-corrected chi connectivity index (χ1v) is 11.5. The Hall–Kier alpha value is -4.42. The molecule has 5 aromatic rings. The third-order valence-corrected chi connectivity index (χ3v) is 6.16. The van der Waals surface area contributed by atoms with E-state index in [2.05, 4.69) is 128 Å². The molecule has 0 spiro atoms. The molecular weight excluding hydrogens is 408 g/mol. The lowest BCUT2D eigenvalue weighted by atomic mass is 9.91. The summed E-state index contributed by atoms with van der Waals surface area (Å²) < 4.78 is 0. The van der Waals surface area contributed by atoms with Crippen LogP contribution in [0.5, 0.6) is 0 Å². The molecule has 0 aliphatic rings. The highest BCUT2D eigenvalue weighted by atomic mass is 14.1. The predicted octanol–water partition coefficient (Wildman–Crippen LogP) is 9.55. The highest BCUT2D eigenvalue weighted by Crippen LogP contribution is 2.34. The molecule has 5 aromatic carbocycles. The van der Waals surface area contributed by atoms with E-state index in [1.807, 2.05) is 18.2 Å². The van der Waals surface area contributed by atoms with Gasteiger partial charge in [-0.05, 0) is 86.0 Å². The molecule has 0 heteroatoms. The third kappa shape index (κ3) is 4.53. The van der Waals surface area contributed by atoms with Crippen molar-refractivity contribution in [3.63, 3.8) is 0 Å². The average molecular weight is 435 g/mol. The van der Waals surface area contributed by atoms with Gasteiger partial charge in [-0.25, -0.2) is 0 Å². The van der Waals surface area contributed by atoms with Gasteiger partial charge in [0.2, 0.25) is 0 Å². The highest BCUT2D eigenvalue weighted by Gasteiger charge is 2.09. The first-order chi connectivity index (χ1) is 16.7. The van der Waals surface area contributed by atoms with E-state index in [1.54, 1.807) is 0 Å². The van der Waals surface area contributed by atoms with Crippen molar-refractivity contribution in [3.8, 4) is 44.5 Å². The summed E-state index contributed by atoms with van der Waals surface area (Å²) in [5.74, 6) is 0. The van der Waals surface area contributed by atoms with E-state index in [9.17, 15) is 0 Å². The van der Waals surface area contributed by atoms with Crippen LogP contribution in [0.25, 0.3) is 50.1 Å². The molecule has 0 amide bonds. The molecule has 0 nitrogen and oxygen atoms in total. The van der Waals surface area contributed by atoms with Gasteiger partial charge in [-0.3, -0.25) is 0 Å². The first-order valence-electron chi connectivity index (χ1n) is 11.5. The molecular formula is C34H26. The summed E-state index contributed by atoms with van der Waals surface area (Å²) in [4.78, 5) is 0. The van der Waals surface area contributed by atoms with E-state index in [4.69, 9.17) is 0 Å². The van der Waals surface area contributed by atoms with Crippen LogP contribution in [0.4, 0.5) is 0 Å². The van der Waals surface area contributed by atoms with Crippen molar-refractivity contribution in [2.24, 2.45) is 0 Å². The Morgan fingerprint density at radius 3 is 1.18 bits per heavy atom. The summed E-state index contributed by atoms with van der Waals surface area (Å²) in [6.45, 7) is 8.18. The Kier molecular flexibility index (Phi) is 6.05.